The fraction of sp³-hybridized carbons (Fsp3) is 0.800. The van der Waals surface area contributed by atoms with E-state index in [1.807, 2.05) is 12.1 Å². The lowest BCUT2D eigenvalue weighted by molar-refractivity contribution is 0.136. The van der Waals surface area contributed by atoms with E-state index in [0.29, 0.717) is 0 Å². The molecule has 32 heavy (non-hydrogen) atoms. The molecule has 1 rings (SSSR count). The molecule has 2 nitrogen and oxygen atoms in total. The number of benzene rings is 1. The predicted octanol–water partition coefficient (Wildman–Crippen LogP) is 9.68. The number of unbranched alkanes of at least 4 members (excludes halogenated alkanes) is 18. The minimum absolute atomic E-state index is 0.131. The lowest BCUT2D eigenvalue weighted by Gasteiger charge is -2.19. The van der Waals surface area contributed by atoms with Crippen molar-refractivity contribution in [2.75, 3.05) is 0 Å². The molecule has 0 aliphatic rings. The van der Waals surface area contributed by atoms with E-state index in [1.165, 1.54) is 116 Å². The Balaban J connectivity index is 1.80. The van der Waals surface area contributed by atoms with E-state index in [1.54, 1.807) is 12.1 Å². The summed E-state index contributed by atoms with van der Waals surface area (Å²) in [5.74, 6) is 0.417. The Hall–Kier alpha value is -1.02. The molecule has 0 spiro atoms. The standard InChI is InChI=1S/C30H54O2/c1-3-4-5-6-7-8-9-10-11-12-13-14-15-16-17-18-19-20-21-22-30(32)27(2)28-23-25-29(31)26-24-28/h23-27,30-32H,3-22H2,1-2H3. The molecule has 0 bridgehead atoms. The summed E-state index contributed by atoms with van der Waals surface area (Å²) in [7, 11) is 0. The SMILES string of the molecule is CCCCCCCCCCCCCCCCCCCCCC(O)C(C)c1ccc(O)cc1. The highest BCUT2D eigenvalue weighted by molar-refractivity contribution is 5.28. The van der Waals surface area contributed by atoms with Crippen molar-refractivity contribution >= 4 is 0 Å². The third-order valence-corrected chi connectivity index (χ3v) is 7.10. The second kappa shape index (κ2) is 20.6. The molecular formula is C30H54O2. The van der Waals surface area contributed by atoms with E-state index in [2.05, 4.69) is 13.8 Å². The van der Waals surface area contributed by atoms with Crippen LogP contribution in [0.3, 0.4) is 0 Å². The number of aromatic hydroxyl groups is 1. The largest absolute Gasteiger partial charge is 0.508 e. The van der Waals surface area contributed by atoms with Crippen LogP contribution in [0, 0.1) is 0 Å². The molecule has 2 unspecified atom stereocenters. The normalized spacial score (nSPS) is 13.3. The smallest absolute Gasteiger partial charge is 0.115 e. The molecule has 0 aliphatic heterocycles. The van der Waals surface area contributed by atoms with Crippen molar-refractivity contribution in [2.24, 2.45) is 0 Å². The van der Waals surface area contributed by atoms with Gasteiger partial charge in [-0.15, -0.1) is 0 Å². The van der Waals surface area contributed by atoms with Crippen molar-refractivity contribution in [3.05, 3.63) is 29.8 Å². The molecule has 0 fully saturated rings. The minimum Gasteiger partial charge on any atom is -0.508 e. The zero-order chi connectivity index (χ0) is 23.3. The van der Waals surface area contributed by atoms with Gasteiger partial charge in [0.05, 0.1) is 6.10 Å². The first-order chi connectivity index (χ1) is 15.6. The molecule has 0 aromatic heterocycles. The van der Waals surface area contributed by atoms with Crippen LogP contribution in [0.5, 0.6) is 5.75 Å². The van der Waals surface area contributed by atoms with E-state index < -0.39 is 0 Å². The summed E-state index contributed by atoms with van der Waals surface area (Å²) >= 11 is 0. The monoisotopic (exact) mass is 446 g/mol. The summed E-state index contributed by atoms with van der Waals surface area (Å²) in [6.45, 7) is 4.37. The van der Waals surface area contributed by atoms with Gasteiger partial charge in [-0.05, 0) is 24.1 Å². The number of aliphatic hydroxyl groups is 1. The van der Waals surface area contributed by atoms with E-state index in [-0.39, 0.29) is 17.8 Å². The van der Waals surface area contributed by atoms with Crippen molar-refractivity contribution < 1.29 is 10.2 Å². The van der Waals surface area contributed by atoms with Crippen LogP contribution in [0.25, 0.3) is 0 Å². The van der Waals surface area contributed by atoms with Crippen LogP contribution in [-0.4, -0.2) is 16.3 Å². The maximum atomic E-state index is 10.4. The summed E-state index contributed by atoms with van der Waals surface area (Å²) in [5.41, 5.74) is 1.10. The summed E-state index contributed by atoms with van der Waals surface area (Å²) in [4.78, 5) is 0. The molecule has 0 saturated carbocycles. The van der Waals surface area contributed by atoms with Crippen LogP contribution in [-0.2, 0) is 0 Å². The summed E-state index contributed by atoms with van der Waals surface area (Å²) in [6.07, 6.45) is 27.1. The zero-order valence-electron chi connectivity index (χ0n) is 21.5. The second-order valence-corrected chi connectivity index (χ2v) is 10.1. The fourth-order valence-corrected chi connectivity index (χ4v) is 4.68. The van der Waals surface area contributed by atoms with Crippen LogP contribution in [0.15, 0.2) is 24.3 Å². The lowest BCUT2D eigenvalue weighted by Crippen LogP contribution is -2.15. The van der Waals surface area contributed by atoms with Gasteiger partial charge in [0.2, 0.25) is 0 Å². The minimum atomic E-state index is -0.287. The van der Waals surface area contributed by atoms with Gasteiger partial charge < -0.3 is 10.2 Å². The number of phenols is 1. The quantitative estimate of drug-likeness (QED) is 0.174. The van der Waals surface area contributed by atoms with E-state index in [0.717, 1.165) is 18.4 Å². The first-order valence-electron chi connectivity index (χ1n) is 14.1. The van der Waals surface area contributed by atoms with Gasteiger partial charge in [-0.2, -0.15) is 0 Å². The van der Waals surface area contributed by atoms with E-state index in [4.69, 9.17) is 0 Å². The average Bonchev–Trinajstić information content (AvgIpc) is 2.80. The Morgan fingerprint density at radius 2 is 0.906 bits per heavy atom. The first kappa shape index (κ1) is 29.0. The Labute approximate surface area is 200 Å². The molecule has 0 saturated heterocycles. The lowest BCUT2D eigenvalue weighted by atomic mass is 9.92. The van der Waals surface area contributed by atoms with Crippen molar-refractivity contribution in [1.82, 2.24) is 0 Å². The Kier molecular flexibility index (Phi) is 18.7. The van der Waals surface area contributed by atoms with Crippen molar-refractivity contribution in [2.45, 2.75) is 154 Å². The Morgan fingerprint density at radius 3 is 1.28 bits per heavy atom. The fourth-order valence-electron chi connectivity index (χ4n) is 4.68. The molecule has 2 atom stereocenters. The summed E-state index contributed by atoms with van der Waals surface area (Å²) in [6, 6.07) is 7.24. The molecule has 186 valence electrons. The third kappa shape index (κ3) is 15.7. The average molecular weight is 447 g/mol. The summed E-state index contributed by atoms with van der Waals surface area (Å²) in [5, 5.41) is 19.8. The second-order valence-electron chi connectivity index (χ2n) is 10.1. The molecule has 0 amide bonds. The highest BCUT2D eigenvalue weighted by Gasteiger charge is 2.15. The highest BCUT2D eigenvalue weighted by Crippen LogP contribution is 2.24. The van der Waals surface area contributed by atoms with Gasteiger partial charge >= 0.3 is 0 Å². The Morgan fingerprint density at radius 1 is 0.562 bits per heavy atom. The van der Waals surface area contributed by atoms with Gasteiger partial charge in [0.25, 0.3) is 0 Å². The third-order valence-electron chi connectivity index (χ3n) is 7.10. The number of aliphatic hydroxyl groups excluding tert-OH is 1. The molecule has 0 radical (unpaired) electrons. The maximum absolute atomic E-state index is 10.4. The van der Waals surface area contributed by atoms with E-state index in [9.17, 15) is 10.2 Å². The van der Waals surface area contributed by atoms with Crippen LogP contribution < -0.4 is 0 Å². The Bertz CT molecular complexity index is 510. The van der Waals surface area contributed by atoms with Crippen LogP contribution in [0.1, 0.15) is 154 Å². The number of hydrogen-bond acceptors (Lipinski definition) is 2. The number of phenolic OH excluding ortho intramolecular Hbond substituents is 1. The van der Waals surface area contributed by atoms with Gasteiger partial charge in [0.15, 0.2) is 0 Å². The predicted molar refractivity (Wildman–Crippen MR) is 141 cm³/mol. The van der Waals surface area contributed by atoms with Gasteiger partial charge in [-0.3, -0.25) is 0 Å². The van der Waals surface area contributed by atoms with Crippen LogP contribution >= 0.6 is 0 Å². The van der Waals surface area contributed by atoms with Crippen molar-refractivity contribution in [3.63, 3.8) is 0 Å². The van der Waals surface area contributed by atoms with Gasteiger partial charge in [0.1, 0.15) is 5.75 Å². The molecule has 2 N–H and O–H groups in total. The van der Waals surface area contributed by atoms with Gasteiger partial charge in [-0.1, -0.05) is 148 Å². The van der Waals surface area contributed by atoms with Crippen LogP contribution in [0.4, 0.5) is 0 Å². The van der Waals surface area contributed by atoms with Gasteiger partial charge in [0, 0.05) is 5.92 Å². The maximum Gasteiger partial charge on any atom is 0.115 e. The molecule has 0 heterocycles. The molecule has 1 aromatic rings. The number of rotatable bonds is 22. The molecular weight excluding hydrogens is 392 g/mol. The van der Waals surface area contributed by atoms with E-state index >= 15 is 0 Å². The topological polar surface area (TPSA) is 40.5 Å². The number of hydrogen-bond donors (Lipinski definition) is 2. The highest BCUT2D eigenvalue weighted by atomic mass is 16.3. The zero-order valence-corrected chi connectivity index (χ0v) is 21.5. The van der Waals surface area contributed by atoms with Crippen molar-refractivity contribution in [3.8, 4) is 5.75 Å². The first-order valence-corrected chi connectivity index (χ1v) is 14.1. The summed E-state index contributed by atoms with van der Waals surface area (Å²) < 4.78 is 0. The van der Waals surface area contributed by atoms with Crippen LogP contribution in [0.2, 0.25) is 0 Å². The van der Waals surface area contributed by atoms with Gasteiger partial charge in [-0.25, -0.2) is 0 Å². The van der Waals surface area contributed by atoms with Crippen molar-refractivity contribution in [1.29, 1.82) is 0 Å². The molecule has 1 aromatic carbocycles. The molecule has 2 heteroatoms. The molecule has 0 aliphatic carbocycles.